The molecule has 2 amide bonds. The highest BCUT2D eigenvalue weighted by Crippen LogP contribution is 2.31. The van der Waals surface area contributed by atoms with Gasteiger partial charge in [-0.2, -0.15) is 0 Å². The number of carbonyl (C=O) groups is 2. The zero-order valence-electron chi connectivity index (χ0n) is 17.0. The predicted molar refractivity (Wildman–Crippen MR) is 119 cm³/mol. The average molecular weight is 453 g/mol. The molecular weight excluding hydrogens is 435 g/mol. The van der Waals surface area contributed by atoms with Gasteiger partial charge < -0.3 is 9.47 Å². The number of nitrogens with one attached hydrogen (secondary N) is 1. The fourth-order valence-electron chi connectivity index (χ4n) is 3.17. The predicted octanol–water partition coefficient (Wildman–Crippen LogP) is 4.53. The van der Waals surface area contributed by atoms with Gasteiger partial charge in [-0.05, 0) is 48.0 Å². The molecule has 3 aromatic carbocycles. The molecule has 0 spiro atoms. The van der Waals surface area contributed by atoms with Crippen LogP contribution in [-0.2, 0) is 16.2 Å². The Labute approximate surface area is 188 Å². The third-order valence-electron chi connectivity index (χ3n) is 4.80. The third kappa shape index (κ3) is 4.43. The molecule has 0 aliphatic carbocycles. The Morgan fingerprint density at radius 2 is 1.81 bits per heavy atom. The average Bonchev–Trinajstić information content (AvgIpc) is 3.08. The number of halogens is 2. The quantitative estimate of drug-likeness (QED) is 0.441. The summed E-state index contributed by atoms with van der Waals surface area (Å²) >= 11 is 6.04. The molecule has 1 heterocycles. The highest BCUT2D eigenvalue weighted by molar-refractivity contribution is 6.32. The van der Waals surface area contributed by atoms with Crippen LogP contribution >= 0.6 is 11.6 Å². The molecule has 0 unspecified atom stereocenters. The van der Waals surface area contributed by atoms with Gasteiger partial charge in [0.05, 0.1) is 17.8 Å². The minimum atomic E-state index is -0.496. The highest BCUT2D eigenvalue weighted by atomic mass is 35.5. The fourth-order valence-corrected chi connectivity index (χ4v) is 3.39. The van der Waals surface area contributed by atoms with Gasteiger partial charge in [-0.1, -0.05) is 41.9 Å². The molecule has 162 valence electrons. The van der Waals surface area contributed by atoms with Gasteiger partial charge >= 0.3 is 0 Å². The van der Waals surface area contributed by atoms with Crippen molar-refractivity contribution in [3.8, 4) is 11.5 Å². The van der Waals surface area contributed by atoms with Crippen molar-refractivity contribution in [2.75, 3.05) is 12.1 Å². The first kappa shape index (κ1) is 21.4. The lowest BCUT2D eigenvalue weighted by Crippen LogP contribution is -2.35. The van der Waals surface area contributed by atoms with Gasteiger partial charge in [-0.25, -0.2) is 9.40 Å². The second kappa shape index (κ2) is 9.11. The zero-order valence-corrected chi connectivity index (χ0v) is 17.7. The van der Waals surface area contributed by atoms with Crippen molar-refractivity contribution in [3.05, 3.63) is 94.3 Å². The standard InChI is InChI=1S/C24H18ClFN2O4/c1-31-22-12-15(7-10-21(22)32-14-16-8-9-17(26)13-20(16)25)11-19-23(29)27-28(24(19)30)18-5-3-2-4-6-18/h2-13H,14H2,1H3,(H,27,29). The topological polar surface area (TPSA) is 67.9 Å². The van der Waals surface area contributed by atoms with Gasteiger partial charge in [0.15, 0.2) is 11.5 Å². The molecule has 0 atom stereocenters. The van der Waals surface area contributed by atoms with Crippen molar-refractivity contribution in [2.45, 2.75) is 6.61 Å². The van der Waals surface area contributed by atoms with E-state index in [1.165, 1.54) is 30.3 Å². The minimum absolute atomic E-state index is 0.00247. The number of para-hydroxylation sites is 1. The molecule has 32 heavy (non-hydrogen) atoms. The maximum Gasteiger partial charge on any atom is 0.282 e. The first-order valence-corrected chi connectivity index (χ1v) is 10.0. The van der Waals surface area contributed by atoms with Crippen molar-refractivity contribution < 1.29 is 23.5 Å². The van der Waals surface area contributed by atoms with E-state index in [2.05, 4.69) is 5.43 Å². The molecule has 6 nitrogen and oxygen atoms in total. The monoisotopic (exact) mass is 452 g/mol. The number of amides is 2. The number of anilines is 1. The van der Waals surface area contributed by atoms with E-state index in [-0.39, 0.29) is 17.2 Å². The Morgan fingerprint density at radius 3 is 2.53 bits per heavy atom. The number of carbonyl (C=O) groups excluding carboxylic acids is 2. The lowest BCUT2D eigenvalue weighted by Gasteiger charge is -2.14. The van der Waals surface area contributed by atoms with E-state index in [0.29, 0.717) is 28.3 Å². The van der Waals surface area contributed by atoms with Crippen LogP contribution in [0.4, 0.5) is 10.1 Å². The zero-order chi connectivity index (χ0) is 22.7. The second-order valence-electron chi connectivity index (χ2n) is 6.91. The number of hydrogen-bond donors (Lipinski definition) is 1. The smallest absolute Gasteiger partial charge is 0.282 e. The van der Waals surface area contributed by atoms with E-state index in [1.807, 2.05) is 6.07 Å². The summed E-state index contributed by atoms with van der Waals surface area (Å²) in [5, 5.41) is 1.47. The summed E-state index contributed by atoms with van der Waals surface area (Å²) in [6, 6.07) is 17.9. The van der Waals surface area contributed by atoms with Crippen LogP contribution in [0.2, 0.25) is 5.02 Å². The molecule has 0 radical (unpaired) electrons. The van der Waals surface area contributed by atoms with E-state index >= 15 is 0 Å². The Morgan fingerprint density at radius 1 is 1.03 bits per heavy atom. The first-order valence-electron chi connectivity index (χ1n) is 9.63. The Kier molecular flexibility index (Phi) is 6.09. The minimum Gasteiger partial charge on any atom is -0.493 e. The van der Waals surface area contributed by atoms with Gasteiger partial charge in [0.1, 0.15) is 18.0 Å². The molecule has 0 saturated carbocycles. The van der Waals surface area contributed by atoms with Gasteiger partial charge in [-0.15, -0.1) is 0 Å². The van der Waals surface area contributed by atoms with Crippen LogP contribution in [-0.4, -0.2) is 18.9 Å². The van der Waals surface area contributed by atoms with Crippen molar-refractivity contribution >= 4 is 35.2 Å². The second-order valence-corrected chi connectivity index (χ2v) is 7.32. The summed E-state index contributed by atoms with van der Waals surface area (Å²) in [4.78, 5) is 25.1. The third-order valence-corrected chi connectivity index (χ3v) is 5.15. The largest absolute Gasteiger partial charge is 0.493 e. The number of methoxy groups -OCH3 is 1. The molecule has 1 saturated heterocycles. The fraction of sp³-hybridized carbons (Fsp3) is 0.0833. The SMILES string of the molecule is COc1cc(C=C2C(=O)NN(c3ccccc3)C2=O)ccc1OCc1ccc(F)cc1Cl. The van der Waals surface area contributed by atoms with Crippen molar-refractivity contribution in [1.29, 1.82) is 0 Å². The van der Waals surface area contributed by atoms with Gasteiger partial charge in [0.2, 0.25) is 0 Å². The molecule has 1 fully saturated rings. The number of nitrogens with zero attached hydrogens (tertiary/aromatic N) is 1. The molecule has 0 bridgehead atoms. The molecular formula is C24H18ClFN2O4. The van der Waals surface area contributed by atoms with E-state index < -0.39 is 17.6 Å². The lowest BCUT2D eigenvalue weighted by atomic mass is 10.1. The number of rotatable bonds is 6. The molecule has 1 aliphatic rings. The van der Waals surface area contributed by atoms with Gasteiger partial charge in [0, 0.05) is 5.56 Å². The van der Waals surface area contributed by atoms with Crippen LogP contribution in [0.15, 0.2) is 72.3 Å². The maximum absolute atomic E-state index is 13.2. The normalized spacial score (nSPS) is 14.6. The Hall–Kier alpha value is -3.84. The van der Waals surface area contributed by atoms with Crippen molar-refractivity contribution in [1.82, 2.24) is 5.43 Å². The van der Waals surface area contributed by atoms with Crippen LogP contribution in [0.3, 0.4) is 0 Å². The number of benzene rings is 3. The van der Waals surface area contributed by atoms with E-state index in [4.69, 9.17) is 21.1 Å². The summed E-state index contributed by atoms with van der Waals surface area (Å²) in [6.07, 6.45) is 1.49. The molecule has 8 heteroatoms. The van der Waals surface area contributed by atoms with Crippen LogP contribution in [0, 0.1) is 5.82 Å². The molecule has 1 N–H and O–H groups in total. The number of ether oxygens (including phenoxy) is 2. The molecule has 3 aromatic rings. The van der Waals surface area contributed by atoms with Crippen LogP contribution in [0.1, 0.15) is 11.1 Å². The number of hydrogen-bond acceptors (Lipinski definition) is 4. The lowest BCUT2D eigenvalue weighted by molar-refractivity contribution is -0.117. The van der Waals surface area contributed by atoms with Crippen LogP contribution in [0.5, 0.6) is 11.5 Å². The van der Waals surface area contributed by atoms with Gasteiger partial charge in [-0.3, -0.25) is 15.0 Å². The first-order chi connectivity index (χ1) is 15.5. The Balaban J connectivity index is 1.54. The highest BCUT2D eigenvalue weighted by Gasteiger charge is 2.34. The van der Waals surface area contributed by atoms with Gasteiger partial charge in [0.25, 0.3) is 11.8 Å². The van der Waals surface area contributed by atoms with Crippen molar-refractivity contribution in [2.24, 2.45) is 0 Å². The molecule has 1 aliphatic heterocycles. The summed E-state index contributed by atoms with van der Waals surface area (Å²) in [7, 11) is 1.48. The molecule has 0 aromatic heterocycles. The van der Waals surface area contributed by atoms with E-state index in [0.717, 1.165) is 0 Å². The number of hydrazine groups is 1. The summed E-state index contributed by atoms with van der Waals surface area (Å²) in [5.74, 6) is -0.535. The van der Waals surface area contributed by atoms with Crippen molar-refractivity contribution in [3.63, 3.8) is 0 Å². The van der Waals surface area contributed by atoms with Crippen LogP contribution < -0.4 is 19.9 Å². The molecule has 4 rings (SSSR count). The summed E-state index contributed by atoms with van der Waals surface area (Å²) in [5.41, 5.74) is 4.33. The maximum atomic E-state index is 13.2. The van der Waals surface area contributed by atoms with E-state index in [1.54, 1.807) is 48.5 Å². The van der Waals surface area contributed by atoms with Crippen LogP contribution in [0.25, 0.3) is 6.08 Å². The summed E-state index contributed by atoms with van der Waals surface area (Å²) in [6.45, 7) is 0.114. The Bertz CT molecular complexity index is 1210. The summed E-state index contributed by atoms with van der Waals surface area (Å²) < 4.78 is 24.4. The van der Waals surface area contributed by atoms with E-state index in [9.17, 15) is 14.0 Å².